The van der Waals surface area contributed by atoms with E-state index in [1.807, 2.05) is 30.3 Å². The van der Waals surface area contributed by atoms with Crippen LogP contribution in [0.2, 0.25) is 0 Å². The van der Waals surface area contributed by atoms with Gasteiger partial charge in [-0.3, -0.25) is 0 Å². The fraction of sp³-hybridized carbons (Fsp3) is 0.462. The Hall–Kier alpha value is -1.27. The van der Waals surface area contributed by atoms with Crippen molar-refractivity contribution >= 4 is 25.8 Å². The van der Waals surface area contributed by atoms with Gasteiger partial charge in [-0.1, -0.05) is 30.3 Å². The molecular weight excluding hydrogens is 302 g/mol. The molecular formula is C13H18ClNO4S. The molecule has 7 heteroatoms. The van der Waals surface area contributed by atoms with E-state index in [4.69, 9.17) is 15.4 Å². The van der Waals surface area contributed by atoms with Crippen LogP contribution in [0.25, 0.3) is 0 Å². The van der Waals surface area contributed by atoms with Crippen LogP contribution in [0.3, 0.4) is 0 Å². The van der Waals surface area contributed by atoms with E-state index in [0.29, 0.717) is 0 Å². The number of ether oxygens (including phenoxy) is 1. The minimum absolute atomic E-state index is 0.133. The van der Waals surface area contributed by atoms with Gasteiger partial charge in [0.1, 0.15) is 6.61 Å². The first-order chi connectivity index (χ1) is 9.12. The van der Waals surface area contributed by atoms with Gasteiger partial charge >= 0.3 is 6.09 Å². The first-order valence-electron chi connectivity index (χ1n) is 5.99. The zero-order chi connectivity index (χ0) is 15.4. The second kappa shape index (κ2) is 6.45. The van der Waals surface area contributed by atoms with E-state index in [-0.39, 0.29) is 12.4 Å². The summed E-state index contributed by atoms with van der Waals surface area (Å²) < 4.78 is 27.4. The van der Waals surface area contributed by atoms with Crippen molar-refractivity contribution in [3.05, 3.63) is 35.9 Å². The zero-order valence-electron chi connectivity index (χ0n) is 11.7. The number of carbonyl (C=O) groups is 1. The predicted molar refractivity (Wildman–Crippen MR) is 78.1 cm³/mol. The largest absolute Gasteiger partial charge is 0.445 e. The first-order valence-corrected chi connectivity index (χ1v) is 8.46. The van der Waals surface area contributed by atoms with E-state index in [1.54, 1.807) is 13.8 Å². The lowest BCUT2D eigenvalue weighted by atomic mass is 10.1. The van der Waals surface area contributed by atoms with Crippen LogP contribution in [0.4, 0.5) is 4.79 Å². The summed E-state index contributed by atoms with van der Waals surface area (Å²) in [5, 5.41) is 0. The van der Waals surface area contributed by atoms with Gasteiger partial charge in [-0.05, 0) is 19.4 Å². The van der Waals surface area contributed by atoms with Crippen LogP contribution < -0.4 is 0 Å². The van der Waals surface area contributed by atoms with Gasteiger partial charge in [0.2, 0.25) is 9.05 Å². The maximum atomic E-state index is 11.9. The van der Waals surface area contributed by atoms with Gasteiger partial charge in [0.25, 0.3) is 0 Å². The monoisotopic (exact) mass is 319 g/mol. The Morgan fingerprint density at radius 3 is 2.35 bits per heavy atom. The number of hydrogen-bond donors (Lipinski definition) is 0. The van der Waals surface area contributed by atoms with E-state index >= 15 is 0 Å². The fourth-order valence-corrected chi connectivity index (χ4v) is 3.42. The van der Waals surface area contributed by atoms with Crippen LogP contribution >= 0.6 is 10.7 Å². The minimum Gasteiger partial charge on any atom is -0.445 e. The number of nitrogens with zero attached hydrogens (tertiary/aromatic N) is 1. The smallest absolute Gasteiger partial charge is 0.410 e. The van der Waals surface area contributed by atoms with Crippen molar-refractivity contribution in [1.29, 1.82) is 0 Å². The molecule has 0 aliphatic heterocycles. The Balaban J connectivity index is 2.62. The number of benzene rings is 1. The van der Waals surface area contributed by atoms with Crippen LogP contribution in [0.15, 0.2) is 30.3 Å². The van der Waals surface area contributed by atoms with E-state index in [0.717, 1.165) is 5.56 Å². The number of amides is 1. The Labute approximate surface area is 123 Å². The molecule has 0 heterocycles. The zero-order valence-corrected chi connectivity index (χ0v) is 13.2. The molecule has 1 rings (SSSR count). The number of halogens is 1. The molecule has 0 spiro atoms. The predicted octanol–water partition coefficient (Wildman–Crippen LogP) is 2.60. The highest BCUT2D eigenvalue weighted by molar-refractivity contribution is 8.13. The Morgan fingerprint density at radius 2 is 1.85 bits per heavy atom. The van der Waals surface area contributed by atoms with E-state index in [2.05, 4.69) is 0 Å². The molecule has 0 aliphatic carbocycles. The first kappa shape index (κ1) is 16.8. The second-order valence-corrected chi connectivity index (χ2v) is 7.87. The normalized spacial score (nSPS) is 12.0. The highest BCUT2D eigenvalue weighted by Crippen LogP contribution is 2.18. The van der Waals surface area contributed by atoms with Crippen molar-refractivity contribution in [1.82, 2.24) is 4.90 Å². The molecule has 0 aliphatic rings. The van der Waals surface area contributed by atoms with Gasteiger partial charge in [0.05, 0.1) is 11.3 Å². The molecule has 112 valence electrons. The molecule has 5 nitrogen and oxygen atoms in total. The van der Waals surface area contributed by atoms with Crippen LogP contribution in [-0.4, -0.2) is 37.8 Å². The van der Waals surface area contributed by atoms with Crippen LogP contribution in [-0.2, 0) is 20.4 Å². The van der Waals surface area contributed by atoms with Crippen LogP contribution in [0.1, 0.15) is 19.4 Å². The summed E-state index contributed by atoms with van der Waals surface area (Å²) in [6, 6.07) is 9.23. The lowest BCUT2D eigenvalue weighted by Gasteiger charge is -2.33. The third kappa shape index (κ3) is 5.38. The SMILES string of the molecule is CN(C(=O)OCc1ccccc1)C(C)(C)CS(=O)(=O)Cl. The van der Waals surface area contributed by atoms with Crippen molar-refractivity contribution in [2.24, 2.45) is 0 Å². The lowest BCUT2D eigenvalue weighted by molar-refractivity contribution is 0.0768. The van der Waals surface area contributed by atoms with Gasteiger partial charge in [-0.25, -0.2) is 13.2 Å². The maximum Gasteiger partial charge on any atom is 0.410 e. The molecule has 1 aromatic rings. The fourth-order valence-electron chi connectivity index (χ4n) is 1.58. The van der Waals surface area contributed by atoms with Crippen molar-refractivity contribution in [3.63, 3.8) is 0 Å². The Morgan fingerprint density at radius 1 is 1.30 bits per heavy atom. The number of carbonyl (C=O) groups excluding carboxylic acids is 1. The van der Waals surface area contributed by atoms with Gasteiger partial charge in [0.15, 0.2) is 0 Å². The second-order valence-electron chi connectivity index (χ2n) is 5.09. The minimum atomic E-state index is -3.70. The average molecular weight is 320 g/mol. The van der Waals surface area contributed by atoms with Gasteiger partial charge in [0, 0.05) is 17.7 Å². The molecule has 0 saturated heterocycles. The molecule has 1 amide bonds. The van der Waals surface area contributed by atoms with Crippen molar-refractivity contribution in [2.75, 3.05) is 12.8 Å². The summed E-state index contributed by atoms with van der Waals surface area (Å²) >= 11 is 0. The average Bonchev–Trinajstić information content (AvgIpc) is 2.33. The van der Waals surface area contributed by atoms with Gasteiger partial charge in [-0.15, -0.1) is 0 Å². The van der Waals surface area contributed by atoms with Gasteiger partial charge < -0.3 is 9.64 Å². The van der Waals surface area contributed by atoms with Crippen LogP contribution in [0, 0.1) is 0 Å². The Bertz CT molecular complexity index is 557. The molecule has 0 atom stereocenters. The highest BCUT2D eigenvalue weighted by atomic mass is 35.7. The van der Waals surface area contributed by atoms with Crippen LogP contribution in [0.5, 0.6) is 0 Å². The maximum absolute atomic E-state index is 11.9. The van der Waals surface area contributed by atoms with Crippen molar-refractivity contribution in [2.45, 2.75) is 26.0 Å². The summed E-state index contributed by atoms with van der Waals surface area (Å²) in [5.74, 6) is -0.349. The number of rotatable bonds is 5. The third-order valence-corrected chi connectivity index (χ3v) is 4.29. The molecule has 20 heavy (non-hydrogen) atoms. The summed E-state index contributed by atoms with van der Waals surface area (Å²) in [7, 11) is 3.01. The molecule has 0 unspecified atom stereocenters. The summed E-state index contributed by atoms with van der Waals surface area (Å²) in [6.07, 6.45) is -0.598. The topological polar surface area (TPSA) is 63.7 Å². The standard InChI is InChI=1S/C13H18ClNO4S/c1-13(2,10-20(14,17)18)15(3)12(16)19-9-11-7-5-4-6-8-11/h4-8H,9-10H2,1-3H3. The third-order valence-electron chi connectivity index (χ3n) is 2.91. The van der Waals surface area contributed by atoms with Crippen molar-refractivity contribution in [3.8, 4) is 0 Å². The summed E-state index contributed by atoms with van der Waals surface area (Å²) in [6.45, 7) is 3.35. The van der Waals surface area contributed by atoms with E-state index in [9.17, 15) is 13.2 Å². The molecule has 0 aromatic heterocycles. The summed E-state index contributed by atoms with van der Waals surface area (Å²) in [4.78, 5) is 13.1. The number of hydrogen-bond acceptors (Lipinski definition) is 4. The summed E-state index contributed by atoms with van der Waals surface area (Å²) in [5.41, 5.74) is -0.0917. The van der Waals surface area contributed by atoms with Crippen molar-refractivity contribution < 1.29 is 17.9 Å². The molecule has 0 radical (unpaired) electrons. The van der Waals surface area contributed by atoms with E-state index < -0.39 is 20.7 Å². The molecule has 1 aromatic carbocycles. The molecule has 0 saturated carbocycles. The van der Waals surface area contributed by atoms with Gasteiger partial charge in [-0.2, -0.15) is 0 Å². The molecule has 0 bridgehead atoms. The molecule has 0 fully saturated rings. The quantitative estimate of drug-likeness (QED) is 0.783. The Kier molecular flexibility index (Phi) is 5.42. The highest BCUT2D eigenvalue weighted by Gasteiger charge is 2.33. The van der Waals surface area contributed by atoms with E-state index in [1.165, 1.54) is 11.9 Å². The molecule has 0 N–H and O–H groups in total. The lowest BCUT2D eigenvalue weighted by Crippen LogP contribution is -2.49.